The molecule has 0 saturated carbocycles. The van der Waals surface area contributed by atoms with Gasteiger partial charge in [0.1, 0.15) is 6.33 Å². The molecule has 0 radical (unpaired) electrons. The summed E-state index contributed by atoms with van der Waals surface area (Å²) in [6.45, 7) is 1.41. The van der Waals surface area contributed by atoms with Gasteiger partial charge in [-0.25, -0.2) is 4.98 Å². The number of carbonyl (C=O) groups is 1. The number of hydrogen-bond acceptors (Lipinski definition) is 5. The van der Waals surface area contributed by atoms with Gasteiger partial charge >= 0.3 is 0 Å². The van der Waals surface area contributed by atoms with E-state index in [1.807, 2.05) is 24.3 Å². The van der Waals surface area contributed by atoms with Crippen molar-refractivity contribution in [2.45, 2.75) is 6.42 Å². The molecule has 0 unspecified atom stereocenters. The fourth-order valence-corrected chi connectivity index (χ4v) is 1.69. The molecule has 21 heavy (non-hydrogen) atoms. The second-order valence-electron chi connectivity index (χ2n) is 4.31. The maximum Gasteiger partial charge on any atom is 0.226 e. The summed E-state index contributed by atoms with van der Waals surface area (Å²) in [4.78, 5) is 15.8. The molecule has 1 amide bonds. The van der Waals surface area contributed by atoms with Gasteiger partial charge in [-0.1, -0.05) is 0 Å². The first-order valence-corrected chi connectivity index (χ1v) is 6.62. The molecule has 2 rings (SSSR count). The van der Waals surface area contributed by atoms with Crippen LogP contribution in [0.3, 0.4) is 0 Å². The van der Waals surface area contributed by atoms with Gasteiger partial charge in [0.15, 0.2) is 5.82 Å². The first-order chi connectivity index (χ1) is 10.3. The lowest BCUT2D eigenvalue weighted by atomic mass is 10.2. The van der Waals surface area contributed by atoms with E-state index in [1.54, 1.807) is 7.11 Å². The predicted molar refractivity (Wildman–Crippen MR) is 77.8 cm³/mol. The zero-order chi connectivity index (χ0) is 14.9. The van der Waals surface area contributed by atoms with E-state index in [1.165, 1.54) is 6.33 Å². The number of nitrogens with zero attached hydrogens (tertiary/aromatic N) is 2. The maximum atomic E-state index is 11.7. The zero-order valence-corrected chi connectivity index (χ0v) is 11.8. The summed E-state index contributed by atoms with van der Waals surface area (Å²) in [6.07, 6.45) is 1.77. The lowest BCUT2D eigenvalue weighted by molar-refractivity contribution is -0.117. The third-order valence-electron chi connectivity index (χ3n) is 2.76. The molecule has 1 heterocycles. The number of ether oxygens (including phenoxy) is 2. The van der Waals surface area contributed by atoms with Crippen molar-refractivity contribution in [2.24, 2.45) is 0 Å². The SMILES string of the molecule is COCCOCCC(=O)Nc1ccc(-c2ncn[nH]2)cc1. The summed E-state index contributed by atoms with van der Waals surface area (Å²) in [5.41, 5.74) is 1.65. The van der Waals surface area contributed by atoms with E-state index in [2.05, 4.69) is 20.5 Å². The Bertz CT molecular complexity index is 540. The van der Waals surface area contributed by atoms with Gasteiger partial charge in [0.2, 0.25) is 5.91 Å². The first kappa shape index (κ1) is 15.1. The molecule has 0 aliphatic carbocycles. The average molecular weight is 290 g/mol. The quantitative estimate of drug-likeness (QED) is 0.718. The Balaban J connectivity index is 1.76. The molecule has 7 nitrogen and oxygen atoms in total. The molecule has 1 aromatic heterocycles. The third kappa shape index (κ3) is 4.97. The third-order valence-corrected chi connectivity index (χ3v) is 2.76. The van der Waals surface area contributed by atoms with Crippen molar-refractivity contribution in [3.8, 4) is 11.4 Å². The normalized spacial score (nSPS) is 10.5. The molecular formula is C14H18N4O3. The highest BCUT2D eigenvalue weighted by Gasteiger charge is 2.04. The summed E-state index contributed by atoms with van der Waals surface area (Å²) < 4.78 is 10.1. The van der Waals surface area contributed by atoms with Crippen molar-refractivity contribution >= 4 is 11.6 Å². The van der Waals surface area contributed by atoms with Gasteiger partial charge in [-0.3, -0.25) is 9.89 Å². The van der Waals surface area contributed by atoms with Crippen LogP contribution in [0.1, 0.15) is 6.42 Å². The second kappa shape index (κ2) is 8.13. The summed E-state index contributed by atoms with van der Waals surface area (Å²) >= 11 is 0. The van der Waals surface area contributed by atoms with E-state index < -0.39 is 0 Å². The minimum absolute atomic E-state index is 0.0835. The number of carbonyl (C=O) groups excluding carboxylic acids is 1. The van der Waals surface area contributed by atoms with Gasteiger partial charge in [-0.2, -0.15) is 5.10 Å². The van der Waals surface area contributed by atoms with E-state index in [0.29, 0.717) is 32.1 Å². The van der Waals surface area contributed by atoms with Gasteiger partial charge in [-0.15, -0.1) is 0 Å². The molecule has 2 aromatic rings. The lowest BCUT2D eigenvalue weighted by Crippen LogP contribution is -2.15. The number of hydrogen-bond donors (Lipinski definition) is 2. The fourth-order valence-electron chi connectivity index (χ4n) is 1.69. The van der Waals surface area contributed by atoms with Crippen LogP contribution in [-0.4, -0.2) is 48.0 Å². The molecule has 1 aromatic carbocycles. The molecule has 0 bridgehead atoms. The molecule has 0 spiro atoms. The molecule has 112 valence electrons. The summed E-state index contributed by atoms with van der Waals surface area (Å²) in [5.74, 6) is 0.610. The molecule has 0 fully saturated rings. The van der Waals surface area contributed by atoms with Gasteiger partial charge in [0, 0.05) is 18.4 Å². The Morgan fingerprint density at radius 1 is 1.24 bits per heavy atom. The minimum Gasteiger partial charge on any atom is -0.382 e. The van der Waals surface area contributed by atoms with E-state index in [-0.39, 0.29) is 5.91 Å². The summed E-state index contributed by atoms with van der Waals surface area (Å²) in [6, 6.07) is 7.37. The molecule has 7 heteroatoms. The van der Waals surface area contributed by atoms with Crippen LogP contribution in [0.15, 0.2) is 30.6 Å². The number of nitrogens with one attached hydrogen (secondary N) is 2. The first-order valence-electron chi connectivity index (χ1n) is 6.62. The number of anilines is 1. The van der Waals surface area contributed by atoms with Crippen LogP contribution >= 0.6 is 0 Å². The van der Waals surface area contributed by atoms with Crippen LogP contribution in [0, 0.1) is 0 Å². The van der Waals surface area contributed by atoms with E-state index >= 15 is 0 Å². The number of aromatic nitrogens is 3. The monoisotopic (exact) mass is 290 g/mol. The highest BCUT2D eigenvalue weighted by Crippen LogP contribution is 2.17. The van der Waals surface area contributed by atoms with Crippen LogP contribution in [0.25, 0.3) is 11.4 Å². The molecule has 0 atom stereocenters. The van der Waals surface area contributed by atoms with Crippen molar-refractivity contribution < 1.29 is 14.3 Å². The summed E-state index contributed by atoms with van der Waals surface area (Å²) in [7, 11) is 1.61. The fraction of sp³-hybridized carbons (Fsp3) is 0.357. The van der Waals surface area contributed by atoms with E-state index in [0.717, 1.165) is 11.3 Å². The molecular weight excluding hydrogens is 272 g/mol. The number of rotatable bonds is 8. The molecule has 0 aliphatic rings. The van der Waals surface area contributed by atoms with Gasteiger partial charge < -0.3 is 14.8 Å². The Morgan fingerprint density at radius 3 is 2.71 bits per heavy atom. The van der Waals surface area contributed by atoms with E-state index in [9.17, 15) is 4.79 Å². The van der Waals surface area contributed by atoms with E-state index in [4.69, 9.17) is 9.47 Å². The molecule has 0 saturated heterocycles. The second-order valence-corrected chi connectivity index (χ2v) is 4.31. The standard InChI is InChI=1S/C14H18N4O3/c1-20-8-9-21-7-6-13(19)17-12-4-2-11(3-5-12)14-15-10-16-18-14/h2-5,10H,6-9H2,1H3,(H,17,19)(H,15,16,18). The zero-order valence-electron chi connectivity index (χ0n) is 11.8. The van der Waals surface area contributed by atoms with Crippen LogP contribution < -0.4 is 5.32 Å². The summed E-state index contributed by atoms with van der Waals surface area (Å²) in [5, 5.41) is 9.39. The highest BCUT2D eigenvalue weighted by molar-refractivity contribution is 5.90. The Labute approximate surface area is 122 Å². The smallest absolute Gasteiger partial charge is 0.226 e. The van der Waals surface area contributed by atoms with Crippen LogP contribution in [-0.2, 0) is 14.3 Å². The number of H-pyrrole nitrogens is 1. The highest BCUT2D eigenvalue weighted by atomic mass is 16.5. The maximum absolute atomic E-state index is 11.7. The van der Waals surface area contributed by atoms with Gasteiger partial charge in [-0.05, 0) is 24.3 Å². The Hall–Kier alpha value is -2.25. The van der Waals surface area contributed by atoms with Crippen molar-refractivity contribution in [1.82, 2.24) is 15.2 Å². The van der Waals surface area contributed by atoms with Crippen molar-refractivity contribution in [3.63, 3.8) is 0 Å². The van der Waals surface area contributed by atoms with Gasteiger partial charge in [0.25, 0.3) is 0 Å². The van der Waals surface area contributed by atoms with Gasteiger partial charge in [0.05, 0.1) is 26.2 Å². The number of methoxy groups -OCH3 is 1. The average Bonchev–Trinajstić information content (AvgIpc) is 3.02. The number of benzene rings is 1. The van der Waals surface area contributed by atoms with Crippen LogP contribution in [0.4, 0.5) is 5.69 Å². The van der Waals surface area contributed by atoms with Crippen LogP contribution in [0.5, 0.6) is 0 Å². The van der Waals surface area contributed by atoms with Crippen molar-refractivity contribution in [1.29, 1.82) is 0 Å². The number of aromatic amines is 1. The Morgan fingerprint density at radius 2 is 2.05 bits per heavy atom. The molecule has 0 aliphatic heterocycles. The molecule has 2 N–H and O–H groups in total. The minimum atomic E-state index is -0.0835. The largest absolute Gasteiger partial charge is 0.382 e. The topological polar surface area (TPSA) is 89.1 Å². The van der Waals surface area contributed by atoms with Crippen molar-refractivity contribution in [2.75, 3.05) is 32.2 Å². The lowest BCUT2D eigenvalue weighted by Gasteiger charge is -2.06. The predicted octanol–water partition coefficient (Wildman–Crippen LogP) is 1.46. The van der Waals surface area contributed by atoms with Crippen molar-refractivity contribution in [3.05, 3.63) is 30.6 Å². The number of amides is 1. The Kier molecular flexibility index (Phi) is 5.86. The van der Waals surface area contributed by atoms with Crippen LogP contribution in [0.2, 0.25) is 0 Å².